The van der Waals surface area contributed by atoms with Crippen LogP contribution in [-0.2, 0) is 4.74 Å². The normalized spacial score (nSPS) is 26.9. The van der Waals surface area contributed by atoms with E-state index in [1.54, 1.807) is 7.11 Å². The highest BCUT2D eigenvalue weighted by Gasteiger charge is 2.29. The number of methoxy groups -OCH3 is 1. The summed E-state index contributed by atoms with van der Waals surface area (Å²) in [7, 11) is 1.74. The number of piperidine rings is 1. The summed E-state index contributed by atoms with van der Waals surface area (Å²) >= 11 is 0. The monoisotopic (exact) mass is 306 g/mol. The molecule has 1 N–H and O–H groups in total. The van der Waals surface area contributed by atoms with Crippen molar-refractivity contribution in [2.75, 3.05) is 20.2 Å². The molecule has 1 aliphatic carbocycles. The van der Waals surface area contributed by atoms with Gasteiger partial charge in [-0.05, 0) is 25.7 Å². The van der Waals surface area contributed by atoms with Crippen molar-refractivity contribution in [1.82, 2.24) is 19.8 Å². The van der Waals surface area contributed by atoms with Crippen LogP contribution in [0.1, 0.15) is 44.6 Å². The minimum absolute atomic E-state index is 0.0676. The topological polar surface area (TPSA) is 59.4 Å². The second-order valence-electron chi connectivity index (χ2n) is 6.34. The number of imidazole rings is 1. The van der Waals surface area contributed by atoms with Gasteiger partial charge in [-0.15, -0.1) is 0 Å². The zero-order valence-corrected chi connectivity index (χ0v) is 13.3. The average Bonchev–Trinajstić information content (AvgIpc) is 3.10. The van der Waals surface area contributed by atoms with E-state index in [4.69, 9.17) is 4.74 Å². The first-order valence-corrected chi connectivity index (χ1v) is 8.33. The molecule has 122 valence electrons. The minimum atomic E-state index is 0.0676. The smallest absolute Gasteiger partial charge is 0.317 e. The van der Waals surface area contributed by atoms with Crippen molar-refractivity contribution in [2.45, 2.75) is 56.7 Å². The number of aromatic nitrogens is 2. The molecule has 2 amide bonds. The lowest BCUT2D eigenvalue weighted by Crippen LogP contribution is -2.52. The zero-order valence-electron chi connectivity index (χ0n) is 13.3. The summed E-state index contributed by atoms with van der Waals surface area (Å²) < 4.78 is 7.66. The van der Waals surface area contributed by atoms with Gasteiger partial charge in [0.05, 0.1) is 18.5 Å². The largest absolute Gasteiger partial charge is 0.379 e. The molecule has 1 aliphatic heterocycles. The number of nitrogens with zero attached hydrogens (tertiary/aromatic N) is 3. The number of amides is 2. The average molecular weight is 306 g/mol. The second-order valence-corrected chi connectivity index (χ2v) is 6.34. The van der Waals surface area contributed by atoms with E-state index in [9.17, 15) is 4.79 Å². The molecule has 1 aromatic heterocycles. The summed E-state index contributed by atoms with van der Waals surface area (Å²) in [6, 6.07) is 0.698. The molecule has 0 aromatic carbocycles. The molecule has 3 rings (SSSR count). The van der Waals surface area contributed by atoms with E-state index < -0.39 is 0 Å². The summed E-state index contributed by atoms with van der Waals surface area (Å²) in [5, 5.41) is 3.18. The van der Waals surface area contributed by atoms with Gasteiger partial charge in [0.25, 0.3) is 0 Å². The van der Waals surface area contributed by atoms with Crippen LogP contribution in [0.5, 0.6) is 0 Å². The third kappa shape index (κ3) is 3.43. The Morgan fingerprint density at radius 2 is 2.00 bits per heavy atom. The molecule has 2 aliphatic rings. The maximum atomic E-state index is 12.5. The molecule has 0 spiro atoms. The highest BCUT2D eigenvalue weighted by molar-refractivity contribution is 5.74. The highest BCUT2D eigenvalue weighted by Crippen LogP contribution is 2.24. The Hall–Kier alpha value is -1.56. The SMILES string of the molecule is CO[C@H]1CCCC[C@H]1NC(=O)N1CCC(n2ccnc2)CC1. The van der Waals surface area contributed by atoms with E-state index >= 15 is 0 Å². The fraction of sp³-hybridized carbons (Fsp3) is 0.750. The van der Waals surface area contributed by atoms with Gasteiger partial charge in [0.1, 0.15) is 0 Å². The molecule has 1 saturated carbocycles. The quantitative estimate of drug-likeness (QED) is 0.931. The third-order valence-corrected chi connectivity index (χ3v) is 5.01. The number of carbonyl (C=O) groups is 1. The maximum absolute atomic E-state index is 12.5. The van der Waals surface area contributed by atoms with Crippen molar-refractivity contribution < 1.29 is 9.53 Å². The van der Waals surface area contributed by atoms with E-state index in [0.29, 0.717) is 6.04 Å². The maximum Gasteiger partial charge on any atom is 0.317 e. The van der Waals surface area contributed by atoms with Gasteiger partial charge in [-0.25, -0.2) is 9.78 Å². The summed E-state index contributed by atoms with van der Waals surface area (Å²) in [5.74, 6) is 0. The number of ether oxygens (including phenoxy) is 1. The molecule has 6 nitrogen and oxygen atoms in total. The van der Waals surface area contributed by atoms with E-state index in [1.807, 2.05) is 23.6 Å². The summed E-state index contributed by atoms with van der Waals surface area (Å²) in [6.07, 6.45) is 12.3. The highest BCUT2D eigenvalue weighted by atomic mass is 16.5. The van der Waals surface area contributed by atoms with Crippen LogP contribution in [0, 0.1) is 0 Å². The number of urea groups is 1. The molecule has 1 saturated heterocycles. The predicted molar refractivity (Wildman–Crippen MR) is 83.7 cm³/mol. The van der Waals surface area contributed by atoms with Gasteiger partial charge in [0.15, 0.2) is 0 Å². The zero-order chi connectivity index (χ0) is 15.4. The molecule has 0 radical (unpaired) electrons. The Morgan fingerprint density at radius 3 is 2.68 bits per heavy atom. The molecule has 2 fully saturated rings. The molecule has 2 heterocycles. The molecule has 2 atom stereocenters. The molecule has 0 unspecified atom stereocenters. The molecular formula is C16H26N4O2. The van der Waals surface area contributed by atoms with Gasteiger partial charge in [0.2, 0.25) is 0 Å². The fourth-order valence-electron chi connectivity index (χ4n) is 3.65. The number of nitrogens with one attached hydrogen (secondary N) is 1. The Bertz CT molecular complexity index is 469. The van der Waals surface area contributed by atoms with Crippen LogP contribution >= 0.6 is 0 Å². The van der Waals surface area contributed by atoms with Gasteiger partial charge in [0, 0.05) is 38.6 Å². The van der Waals surface area contributed by atoms with Gasteiger partial charge in [-0.1, -0.05) is 12.8 Å². The van der Waals surface area contributed by atoms with E-state index in [1.165, 1.54) is 12.8 Å². The van der Waals surface area contributed by atoms with Gasteiger partial charge >= 0.3 is 6.03 Å². The Balaban J connectivity index is 1.49. The summed E-state index contributed by atoms with van der Waals surface area (Å²) in [4.78, 5) is 18.5. The van der Waals surface area contributed by atoms with Crippen molar-refractivity contribution >= 4 is 6.03 Å². The van der Waals surface area contributed by atoms with Crippen LogP contribution in [-0.4, -0.2) is 52.8 Å². The standard InChI is InChI=1S/C16H26N4O2/c1-22-15-5-3-2-4-14(15)18-16(21)19-9-6-13(7-10-19)20-11-8-17-12-20/h8,11-15H,2-7,9-10H2,1H3,(H,18,21)/t14-,15+/m1/s1. The second kappa shape index (κ2) is 7.13. The predicted octanol–water partition coefficient (Wildman–Crippen LogP) is 2.19. The number of likely N-dealkylation sites (tertiary alicyclic amines) is 1. The first-order valence-electron chi connectivity index (χ1n) is 8.33. The van der Waals surface area contributed by atoms with E-state index in [2.05, 4.69) is 14.9 Å². The van der Waals surface area contributed by atoms with Crippen molar-refractivity contribution in [1.29, 1.82) is 0 Å². The van der Waals surface area contributed by atoms with Crippen molar-refractivity contribution in [3.63, 3.8) is 0 Å². The Kier molecular flexibility index (Phi) is 4.97. The minimum Gasteiger partial charge on any atom is -0.379 e. The van der Waals surface area contributed by atoms with Crippen LogP contribution in [0.15, 0.2) is 18.7 Å². The van der Waals surface area contributed by atoms with E-state index in [0.717, 1.165) is 38.8 Å². The van der Waals surface area contributed by atoms with Crippen LogP contribution < -0.4 is 5.32 Å². The molecular weight excluding hydrogens is 280 g/mol. The van der Waals surface area contributed by atoms with Crippen LogP contribution in [0.4, 0.5) is 4.79 Å². The number of hydrogen-bond acceptors (Lipinski definition) is 3. The molecule has 0 bridgehead atoms. The molecule has 6 heteroatoms. The molecule has 1 aromatic rings. The number of carbonyl (C=O) groups excluding carboxylic acids is 1. The van der Waals surface area contributed by atoms with Gasteiger partial charge in [-0.2, -0.15) is 0 Å². The van der Waals surface area contributed by atoms with Crippen molar-refractivity contribution in [3.05, 3.63) is 18.7 Å². The number of hydrogen-bond donors (Lipinski definition) is 1. The van der Waals surface area contributed by atoms with Crippen LogP contribution in [0.25, 0.3) is 0 Å². The lowest BCUT2D eigenvalue weighted by Gasteiger charge is -2.36. The van der Waals surface area contributed by atoms with Gasteiger partial charge < -0.3 is 19.5 Å². The lowest BCUT2D eigenvalue weighted by atomic mass is 9.92. The fourth-order valence-corrected chi connectivity index (χ4v) is 3.65. The van der Waals surface area contributed by atoms with Crippen molar-refractivity contribution in [3.8, 4) is 0 Å². The first kappa shape index (κ1) is 15.3. The number of rotatable bonds is 3. The first-order chi connectivity index (χ1) is 10.8. The van der Waals surface area contributed by atoms with Crippen LogP contribution in [0.2, 0.25) is 0 Å². The Morgan fingerprint density at radius 1 is 1.23 bits per heavy atom. The van der Waals surface area contributed by atoms with E-state index in [-0.39, 0.29) is 18.2 Å². The van der Waals surface area contributed by atoms with Crippen LogP contribution in [0.3, 0.4) is 0 Å². The summed E-state index contributed by atoms with van der Waals surface area (Å²) in [5.41, 5.74) is 0. The summed E-state index contributed by atoms with van der Waals surface area (Å²) in [6.45, 7) is 1.61. The van der Waals surface area contributed by atoms with Gasteiger partial charge in [-0.3, -0.25) is 0 Å². The molecule has 22 heavy (non-hydrogen) atoms. The third-order valence-electron chi connectivity index (χ3n) is 5.01. The van der Waals surface area contributed by atoms with Crippen molar-refractivity contribution in [2.24, 2.45) is 0 Å². The lowest BCUT2D eigenvalue weighted by molar-refractivity contribution is 0.0424. The Labute approximate surface area is 131 Å².